The first-order valence-electron chi connectivity index (χ1n) is 16.1. The molecule has 1 saturated carbocycles. The van der Waals surface area contributed by atoms with Crippen molar-refractivity contribution in [2.75, 3.05) is 13.2 Å². The highest BCUT2D eigenvalue weighted by molar-refractivity contribution is 6.38. The molecule has 1 aromatic carbocycles. The van der Waals surface area contributed by atoms with Gasteiger partial charge < -0.3 is 20.7 Å². The van der Waals surface area contributed by atoms with Crippen molar-refractivity contribution in [3.05, 3.63) is 70.8 Å². The van der Waals surface area contributed by atoms with Crippen LogP contribution >= 0.6 is 11.6 Å². The summed E-state index contributed by atoms with van der Waals surface area (Å²) in [5.41, 5.74) is 1.66. The van der Waals surface area contributed by atoms with Crippen LogP contribution in [0, 0.1) is 17.8 Å². The highest BCUT2D eigenvalue weighted by Crippen LogP contribution is 2.29. The summed E-state index contributed by atoms with van der Waals surface area (Å²) in [5, 5.41) is 9.05. The topological polar surface area (TPSA) is 131 Å². The van der Waals surface area contributed by atoms with Crippen molar-refractivity contribution < 1.29 is 28.7 Å². The molecule has 0 bridgehead atoms. The molecule has 10 heteroatoms. The third-order valence-electron chi connectivity index (χ3n) is 9.19. The zero-order chi connectivity index (χ0) is 31.8. The molecule has 0 aromatic heterocycles. The molecule has 1 saturated heterocycles. The summed E-state index contributed by atoms with van der Waals surface area (Å²) in [7, 11) is 0. The molecule has 2 unspecified atom stereocenters. The van der Waals surface area contributed by atoms with Gasteiger partial charge in [0.25, 0.3) is 5.91 Å². The van der Waals surface area contributed by atoms with Gasteiger partial charge in [-0.25, -0.2) is 0 Å². The van der Waals surface area contributed by atoms with Crippen LogP contribution in [0.1, 0.15) is 63.4 Å². The van der Waals surface area contributed by atoms with E-state index in [4.69, 9.17) is 16.3 Å². The molecular formula is C35H42ClN3O6. The zero-order valence-corrected chi connectivity index (χ0v) is 26.2. The molecule has 2 heterocycles. The number of amides is 3. The monoisotopic (exact) mass is 635 g/mol. The number of carbonyl (C=O) groups is 5. The Morgan fingerprint density at radius 2 is 1.80 bits per heavy atom. The molecule has 0 spiro atoms. The minimum absolute atomic E-state index is 0.0189. The lowest BCUT2D eigenvalue weighted by molar-refractivity contribution is -0.142. The number of carbonyl (C=O) groups excluding carboxylic acids is 5. The second-order valence-electron chi connectivity index (χ2n) is 12.6. The van der Waals surface area contributed by atoms with E-state index >= 15 is 0 Å². The molecule has 4 aliphatic rings. The summed E-state index contributed by atoms with van der Waals surface area (Å²) in [6, 6.07) is 8.10. The van der Waals surface area contributed by atoms with Crippen LogP contribution in [0.25, 0.3) is 0 Å². The number of halogens is 1. The second-order valence-corrected chi connectivity index (χ2v) is 13.0. The lowest BCUT2D eigenvalue weighted by atomic mass is 9.86. The summed E-state index contributed by atoms with van der Waals surface area (Å²) in [4.78, 5) is 66.9. The summed E-state index contributed by atoms with van der Waals surface area (Å²) in [6.07, 6.45) is 13.2. The molecule has 0 radical (unpaired) electrons. The van der Waals surface area contributed by atoms with E-state index in [9.17, 15) is 24.0 Å². The number of hydrogen-bond donors (Lipinski definition) is 3. The van der Waals surface area contributed by atoms with Crippen LogP contribution in [0.2, 0.25) is 0 Å². The number of nitrogens with one attached hydrogen (secondary N) is 3. The Bertz CT molecular complexity index is 1370. The number of ether oxygens (including phenoxy) is 1. The number of ketones is 2. The molecule has 45 heavy (non-hydrogen) atoms. The van der Waals surface area contributed by atoms with E-state index in [0.717, 1.165) is 49.7 Å². The summed E-state index contributed by atoms with van der Waals surface area (Å²) in [6.45, 7) is 0.742. The van der Waals surface area contributed by atoms with Gasteiger partial charge in [-0.3, -0.25) is 24.0 Å². The highest BCUT2D eigenvalue weighted by atomic mass is 35.5. The van der Waals surface area contributed by atoms with E-state index in [0.29, 0.717) is 18.0 Å². The number of hydrogen-bond acceptors (Lipinski definition) is 6. The van der Waals surface area contributed by atoms with Crippen LogP contribution in [0.5, 0.6) is 0 Å². The molecule has 1 aromatic rings. The van der Waals surface area contributed by atoms with Crippen molar-refractivity contribution >= 4 is 40.9 Å². The van der Waals surface area contributed by atoms with Crippen LogP contribution in [0.3, 0.4) is 0 Å². The fraction of sp³-hybridized carbons (Fsp3) is 0.514. The van der Waals surface area contributed by atoms with Gasteiger partial charge in [-0.1, -0.05) is 67.3 Å². The summed E-state index contributed by atoms with van der Waals surface area (Å²) in [5.74, 6) is -4.23. The third-order valence-corrected chi connectivity index (χ3v) is 9.42. The molecule has 5 atom stereocenters. The third kappa shape index (κ3) is 9.01. The zero-order valence-electron chi connectivity index (χ0n) is 25.5. The van der Waals surface area contributed by atoms with Gasteiger partial charge in [-0.05, 0) is 67.9 Å². The number of benzene rings is 1. The van der Waals surface area contributed by atoms with Gasteiger partial charge in [0.05, 0.1) is 18.6 Å². The molecule has 2 aliphatic heterocycles. The summed E-state index contributed by atoms with van der Waals surface area (Å²) >= 11 is 6.17. The van der Waals surface area contributed by atoms with E-state index < -0.39 is 41.4 Å². The molecular weight excluding hydrogens is 594 g/mol. The van der Waals surface area contributed by atoms with Gasteiger partial charge in [0, 0.05) is 35.9 Å². The Morgan fingerprint density at radius 3 is 2.56 bits per heavy atom. The van der Waals surface area contributed by atoms with Gasteiger partial charge in [-0.2, -0.15) is 0 Å². The van der Waals surface area contributed by atoms with Crippen molar-refractivity contribution in [3.8, 4) is 0 Å². The Kier molecular flexibility index (Phi) is 11.4. The SMILES string of the molecule is O=C(NC1CCCCC1)C(=O)[C@H](C[C@@H]1CCCNC1=O)NC(=O)[C@@H](CC(=O)C1C=C2C=C(Cl)C=CC2OC1)Cc1ccccc1. The van der Waals surface area contributed by atoms with Crippen molar-refractivity contribution in [2.24, 2.45) is 17.8 Å². The van der Waals surface area contributed by atoms with Crippen LogP contribution in [-0.2, 0) is 35.1 Å². The van der Waals surface area contributed by atoms with Crippen molar-refractivity contribution in [3.63, 3.8) is 0 Å². The maximum absolute atomic E-state index is 14.0. The fourth-order valence-corrected chi connectivity index (χ4v) is 6.83. The number of allylic oxidation sites excluding steroid dienone is 2. The quantitative estimate of drug-likeness (QED) is 0.299. The molecule has 5 rings (SSSR count). The molecule has 3 amide bonds. The Hall–Kier alpha value is -3.56. The molecule has 2 fully saturated rings. The van der Waals surface area contributed by atoms with Gasteiger partial charge in [0.1, 0.15) is 11.9 Å². The van der Waals surface area contributed by atoms with Gasteiger partial charge in [-0.15, -0.1) is 0 Å². The highest BCUT2D eigenvalue weighted by Gasteiger charge is 2.36. The second kappa shape index (κ2) is 15.6. The summed E-state index contributed by atoms with van der Waals surface area (Å²) < 4.78 is 5.90. The number of piperidine rings is 1. The standard InChI is InChI=1S/C35H42ClN3O6/c36-27-13-14-31-24(18-27)17-26(21-45-31)30(40)20-25(16-22-8-3-1-4-9-22)34(43)39-29(19-23-10-7-15-37-33(23)42)32(41)35(44)38-28-11-5-2-6-12-28/h1,3-4,8-9,13-14,17-18,23,25-26,28-29,31H,2,5-7,10-12,15-16,19-21H2,(H,37,42)(H,38,44)(H,39,43)/t23-,25+,26?,29-,31?/m0/s1. The largest absolute Gasteiger partial charge is 0.368 e. The first-order chi connectivity index (χ1) is 21.8. The van der Waals surface area contributed by atoms with E-state index in [1.54, 1.807) is 12.2 Å². The molecule has 2 aliphatic carbocycles. The predicted molar refractivity (Wildman–Crippen MR) is 170 cm³/mol. The minimum Gasteiger partial charge on any atom is -0.368 e. The van der Waals surface area contributed by atoms with Gasteiger partial charge >= 0.3 is 0 Å². The predicted octanol–water partition coefficient (Wildman–Crippen LogP) is 3.86. The fourth-order valence-electron chi connectivity index (χ4n) is 6.63. The number of Topliss-reactive ketones (excluding diaryl/α,β-unsaturated/α-hetero) is 2. The first kappa shape index (κ1) is 32.8. The first-order valence-corrected chi connectivity index (χ1v) is 16.5. The van der Waals surface area contributed by atoms with Crippen LogP contribution < -0.4 is 16.0 Å². The smallest absolute Gasteiger partial charge is 0.289 e. The Labute approximate surface area is 269 Å². The maximum Gasteiger partial charge on any atom is 0.289 e. The van der Waals surface area contributed by atoms with E-state index in [1.165, 1.54) is 0 Å². The number of fused-ring (bicyclic) bond motifs is 1. The Morgan fingerprint density at radius 1 is 1.02 bits per heavy atom. The van der Waals surface area contributed by atoms with Gasteiger partial charge in [0.2, 0.25) is 17.6 Å². The average molecular weight is 636 g/mol. The van der Waals surface area contributed by atoms with Crippen molar-refractivity contribution in [1.29, 1.82) is 0 Å². The normalized spacial score (nSPS) is 24.6. The molecule has 9 nitrogen and oxygen atoms in total. The van der Waals surface area contributed by atoms with Gasteiger partial charge in [0.15, 0.2) is 0 Å². The Balaban J connectivity index is 1.33. The molecule has 3 N–H and O–H groups in total. The van der Waals surface area contributed by atoms with Crippen molar-refractivity contribution in [1.82, 2.24) is 16.0 Å². The number of rotatable bonds is 12. The van der Waals surface area contributed by atoms with Crippen molar-refractivity contribution in [2.45, 2.75) is 82.4 Å². The van der Waals surface area contributed by atoms with Crippen LogP contribution in [0.15, 0.2) is 65.2 Å². The lowest BCUT2D eigenvalue weighted by Crippen LogP contribution is -2.53. The van der Waals surface area contributed by atoms with Crippen LogP contribution in [-0.4, -0.2) is 60.6 Å². The van der Waals surface area contributed by atoms with E-state index in [1.807, 2.05) is 42.5 Å². The lowest BCUT2D eigenvalue weighted by Gasteiger charge is -2.29. The minimum atomic E-state index is -1.19. The van der Waals surface area contributed by atoms with E-state index in [-0.39, 0.29) is 49.7 Å². The average Bonchev–Trinajstić information content (AvgIpc) is 3.05. The maximum atomic E-state index is 14.0. The van der Waals surface area contributed by atoms with E-state index in [2.05, 4.69) is 16.0 Å². The molecule has 240 valence electrons. The van der Waals surface area contributed by atoms with Crippen LogP contribution in [0.4, 0.5) is 0 Å².